The van der Waals surface area contributed by atoms with Crippen LogP contribution in [0.2, 0.25) is 0 Å². The molecule has 29 heavy (non-hydrogen) atoms. The van der Waals surface area contributed by atoms with Crippen molar-refractivity contribution in [3.05, 3.63) is 0 Å². The largest absolute Gasteiger partial charge is 0.463 e. The SMILES string of the molecule is CC(=O)OC1CC[C@@]2(C)C(CC[C@@H]3[C@H]2CC[C@]2(CC#N)C(OC(C)=O)CC[C@@H]32)C1. The average molecular weight is 402 g/mol. The number of nitrogens with zero attached hydrogens (tertiary/aromatic N) is 1. The number of carbonyl (C=O) groups is 2. The Morgan fingerprint density at radius 1 is 0.966 bits per heavy atom. The number of rotatable bonds is 3. The fourth-order valence-corrected chi connectivity index (χ4v) is 8.18. The molecule has 5 heteroatoms. The van der Waals surface area contributed by atoms with Crippen molar-refractivity contribution in [3.8, 4) is 6.07 Å². The van der Waals surface area contributed by atoms with E-state index in [1.54, 1.807) is 0 Å². The van der Waals surface area contributed by atoms with Crippen LogP contribution in [0.15, 0.2) is 0 Å². The Balaban J connectivity index is 1.55. The highest BCUT2D eigenvalue weighted by molar-refractivity contribution is 5.66. The zero-order valence-electron chi connectivity index (χ0n) is 18.1. The summed E-state index contributed by atoms with van der Waals surface area (Å²) in [6, 6.07) is 2.45. The maximum Gasteiger partial charge on any atom is 0.302 e. The Morgan fingerprint density at radius 3 is 2.41 bits per heavy atom. The van der Waals surface area contributed by atoms with E-state index in [1.165, 1.54) is 26.7 Å². The fourth-order valence-electron chi connectivity index (χ4n) is 8.18. The first-order chi connectivity index (χ1) is 13.8. The van der Waals surface area contributed by atoms with Gasteiger partial charge in [0.1, 0.15) is 12.2 Å². The van der Waals surface area contributed by atoms with Gasteiger partial charge in [0.25, 0.3) is 0 Å². The molecule has 0 radical (unpaired) electrons. The van der Waals surface area contributed by atoms with Crippen molar-refractivity contribution in [2.75, 3.05) is 0 Å². The van der Waals surface area contributed by atoms with E-state index in [1.807, 2.05) is 0 Å². The van der Waals surface area contributed by atoms with Gasteiger partial charge >= 0.3 is 11.9 Å². The van der Waals surface area contributed by atoms with E-state index < -0.39 is 0 Å². The van der Waals surface area contributed by atoms with Crippen molar-refractivity contribution < 1.29 is 19.1 Å². The number of ether oxygens (including phenoxy) is 2. The van der Waals surface area contributed by atoms with Gasteiger partial charge in [0.2, 0.25) is 0 Å². The molecule has 160 valence electrons. The Morgan fingerprint density at radius 2 is 1.72 bits per heavy atom. The highest BCUT2D eigenvalue weighted by Crippen LogP contribution is 2.67. The second kappa shape index (κ2) is 7.60. The second-order valence-electron chi connectivity index (χ2n) is 10.4. The lowest BCUT2D eigenvalue weighted by Gasteiger charge is -2.61. The summed E-state index contributed by atoms with van der Waals surface area (Å²) in [7, 11) is 0. The van der Waals surface area contributed by atoms with Crippen molar-refractivity contribution in [2.24, 2.45) is 34.5 Å². The van der Waals surface area contributed by atoms with Crippen LogP contribution >= 0.6 is 0 Å². The van der Waals surface area contributed by atoms with E-state index in [0.29, 0.717) is 35.5 Å². The maximum absolute atomic E-state index is 11.7. The summed E-state index contributed by atoms with van der Waals surface area (Å²) in [5, 5.41) is 9.62. The van der Waals surface area contributed by atoms with Gasteiger partial charge in [-0.2, -0.15) is 5.26 Å². The lowest BCUT2D eigenvalue weighted by Crippen LogP contribution is -2.55. The molecule has 0 aromatic carbocycles. The molecule has 4 rings (SSSR count). The molecule has 4 saturated carbocycles. The Hall–Kier alpha value is -1.57. The second-order valence-corrected chi connectivity index (χ2v) is 10.4. The van der Waals surface area contributed by atoms with Crippen LogP contribution in [-0.2, 0) is 19.1 Å². The molecular weight excluding hydrogens is 366 g/mol. The molecule has 0 aromatic heterocycles. The van der Waals surface area contributed by atoms with E-state index in [0.717, 1.165) is 44.9 Å². The van der Waals surface area contributed by atoms with Gasteiger partial charge in [-0.1, -0.05) is 6.92 Å². The van der Waals surface area contributed by atoms with E-state index in [9.17, 15) is 14.9 Å². The Labute approximate surface area is 174 Å². The molecule has 0 bridgehead atoms. The molecule has 0 aromatic rings. The Bertz CT molecular complexity index is 714. The minimum Gasteiger partial charge on any atom is -0.463 e. The van der Waals surface area contributed by atoms with Gasteiger partial charge in [0, 0.05) is 25.7 Å². The molecule has 0 amide bonds. The van der Waals surface area contributed by atoms with Crippen LogP contribution in [0.3, 0.4) is 0 Å². The number of nitriles is 1. The van der Waals surface area contributed by atoms with Crippen molar-refractivity contribution in [2.45, 2.75) is 97.2 Å². The summed E-state index contributed by atoms with van der Waals surface area (Å²) < 4.78 is 11.3. The van der Waals surface area contributed by atoms with Crippen molar-refractivity contribution >= 4 is 11.9 Å². The summed E-state index contributed by atoms with van der Waals surface area (Å²) in [5.41, 5.74) is 0.164. The number of carbonyl (C=O) groups excluding carboxylic acids is 2. The van der Waals surface area contributed by atoms with Gasteiger partial charge in [-0.05, 0) is 86.9 Å². The van der Waals surface area contributed by atoms with Crippen LogP contribution in [0.5, 0.6) is 0 Å². The maximum atomic E-state index is 11.7. The number of esters is 2. The quantitative estimate of drug-likeness (QED) is 0.636. The minimum atomic E-state index is -0.213. The van der Waals surface area contributed by atoms with Gasteiger partial charge in [-0.25, -0.2) is 0 Å². The molecule has 8 atom stereocenters. The lowest BCUT2D eigenvalue weighted by atomic mass is 9.44. The molecule has 3 unspecified atom stereocenters. The first-order valence-electron chi connectivity index (χ1n) is 11.5. The van der Waals surface area contributed by atoms with Crippen LogP contribution < -0.4 is 0 Å². The van der Waals surface area contributed by atoms with Gasteiger partial charge in [-0.15, -0.1) is 0 Å². The molecule has 0 saturated heterocycles. The molecule has 0 spiro atoms. The highest BCUT2D eigenvalue weighted by atomic mass is 16.5. The normalized spacial score (nSPS) is 45.9. The number of hydrogen-bond acceptors (Lipinski definition) is 5. The molecular formula is C24H35NO4. The standard InChI is InChI=1S/C24H35NO4/c1-15(26)28-18-8-10-23(3)17(14-18)4-5-19-20(23)9-11-24(12-13-25)21(19)6-7-22(24)29-16(2)27/h17-22H,4-12,14H2,1-3H3/t17?,18?,19-,20-,21+,22?,23+,24-/m1/s1. The summed E-state index contributed by atoms with van der Waals surface area (Å²) in [5.74, 6) is 2.05. The van der Waals surface area contributed by atoms with Crippen LogP contribution in [-0.4, -0.2) is 24.1 Å². The Kier molecular flexibility index (Phi) is 5.42. The molecule has 0 N–H and O–H groups in total. The van der Waals surface area contributed by atoms with E-state index >= 15 is 0 Å². The third-order valence-corrected chi connectivity index (χ3v) is 9.30. The summed E-state index contributed by atoms with van der Waals surface area (Å²) in [4.78, 5) is 23.1. The predicted octanol–water partition coefficient (Wildman–Crippen LogP) is 4.79. The van der Waals surface area contributed by atoms with Crippen LogP contribution in [0.25, 0.3) is 0 Å². The van der Waals surface area contributed by atoms with E-state index in [2.05, 4.69) is 13.0 Å². The molecule has 0 aliphatic heterocycles. The molecule has 4 aliphatic carbocycles. The molecule has 4 fully saturated rings. The van der Waals surface area contributed by atoms with Crippen LogP contribution in [0.1, 0.15) is 85.0 Å². The van der Waals surface area contributed by atoms with E-state index in [-0.39, 0.29) is 29.6 Å². The lowest BCUT2D eigenvalue weighted by molar-refractivity contribution is -0.169. The van der Waals surface area contributed by atoms with E-state index in [4.69, 9.17) is 9.47 Å². The summed E-state index contributed by atoms with van der Waals surface area (Å²) >= 11 is 0. The monoisotopic (exact) mass is 401 g/mol. The molecule has 0 heterocycles. The van der Waals surface area contributed by atoms with Gasteiger partial charge < -0.3 is 9.47 Å². The minimum absolute atomic E-state index is 0.0863. The number of hydrogen-bond donors (Lipinski definition) is 0. The fraction of sp³-hybridized carbons (Fsp3) is 0.875. The summed E-state index contributed by atoms with van der Waals surface area (Å²) in [6.07, 6.45) is 10.1. The first kappa shape index (κ1) is 20.7. The molecule has 5 nitrogen and oxygen atoms in total. The topological polar surface area (TPSA) is 76.4 Å². The third kappa shape index (κ3) is 3.37. The number of fused-ring (bicyclic) bond motifs is 5. The van der Waals surface area contributed by atoms with Gasteiger partial charge in [0.15, 0.2) is 0 Å². The van der Waals surface area contributed by atoms with Gasteiger partial charge in [0.05, 0.1) is 6.07 Å². The zero-order valence-corrected chi connectivity index (χ0v) is 18.1. The third-order valence-electron chi connectivity index (χ3n) is 9.30. The molecule has 4 aliphatic rings. The summed E-state index contributed by atoms with van der Waals surface area (Å²) in [6.45, 7) is 5.49. The average Bonchev–Trinajstić information content (AvgIpc) is 3.00. The van der Waals surface area contributed by atoms with Crippen molar-refractivity contribution in [1.82, 2.24) is 0 Å². The van der Waals surface area contributed by atoms with Crippen LogP contribution in [0.4, 0.5) is 0 Å². The smallest absolute Gasteiger partial charge is 0.302 e. The van der Waals surface area contributed by atoms with Crippen molar-refractivity contribution in [3.63, 3.8) is 0 Å². The van der Waals surface area contributed by atoms with Crippen LogP contribution in [0, 0.1) is 45.8 Å². The zero-order chi connectivity index (χ0) is 20.8. The predicted molar refractivity (Wildman–Crippen MR) is 107 cm³/mol. The van der Waals surface area contributed by atoms with Crippen molar-refractivity contribution in [1.29, 1.82) is 5.26 Å². The first-order valence-corrected chi connectivity index (χ1v) is 11.5. The highest BCUT2D eigenvalue weighted by Gasteiger charge is 2.62. The van der Waals surface area contributed by atoms with Gasteiger partial charge in [-0.3, -0.25) is 9.59 Å².